The molecule has 24 heteroatoms. The van der Waals surface area contributed by atoms with E-state index in [9.17, 15) is 58.0 Å². The zero-order valence-electron chi connectivity index (χ0n) is 87.6. The van der Waals surface area contributed by atoms with Crippen LogP contribution in [0.15, 0.2) is 207 Å². The highest BCUT2D eigenvalue weighted by Gasteiger charge is 2.35. The van der Waals surface area contributed by atoms with Crippen molar-refractivity contribution in [2.45, 2.75) is 111 Å². The van der Waals surface area contributed by atoms with Gasteiger partial charge in [-0.15, -0.1) is 23.5 Å². The summed E-state index contributed by atoms with van der Waals surface area (Å²) in [4.78, 5) is 62.4. The molecule has 2 saturated heterocycles. The molecule has 0 spiro atoms. The number of halogens is 10. The molecule has 106 heavy (non-hydrogen) atoms. The summed E-state index contributed by atoms with van der Waals surface area (Å²) < 4.78 is 421. The predicted molar refractivity (Wildman–Crippen MR) is 395 cm³/mol. The molecule has 2 aromatic heterocycles. The Kier molecular flexibility index (Phi) is 15.3. The number of benzene rings is 8. The summed E-state index contributed by atoms with van der Waals surface area (Å²) in [6.07, 6.45) is -10.5. The van der Waals surface area contributed by atoms with Crippen molar-refractivity contribution in [1.82, 2.24) is 28.7 Å². The molecule has 4 heterocycles. The lowest BCUT2D eigenvalue weighted by Gasteiger charge is -2.42. The molecule has 556 valence electrons. The fraction of sp³-hybridized carbons (Fsp3) is 0.317. The number of para-hydroxylation sites is 1. The number of pyridine rings is 2. The molecule has 2 aliphatic rings. The minimum atomic E-state index is -5.46. The molecular weight excluding hydrogens is 1420 g/mol. The molecule has 10 aromatic rings. The summed E-state index contributed by atoms with van der Waals surface area (Å²) in [5, 5.41) is -1.85. The monoisotopic (exact) mass is 1530 g/mol. The number of piperidine rings is 2. The van der Waals surface area contributed by atoms with Crippen molar-refractivity contribution in [2.24, 2.45) is 0 Å². The lowest BCUT2D eigenvalue weighted by atomic mass is 9.96. The van der Waals surface area contributed by atoms with Crippen molar-refractivity contribution < 1.29 is 107 Å². The van der Waals surface area contributed by atoms with Crippen molar-refractivity contribution in [3.63, 3.8) is 0 Å². The number of nitrogens with zero attached hydrogens (tertiary/aromatic N) is 6. The number of hydrogen-bond acceptors (Lipinski definition) is 10. The zero-order chi connectivity index (χ0) is 103. The van der Waals surface area contributed by atoms with Crippen LogP contribution in [-0.2, 0) is 62.4 Å². The van der Waals surface area contributed by atoms with Gasteiger partial charge in [-0.1, -0.05) is 121 Å². The molecule has 12 rings (SSSR count). The van der Waals surface area contributed by atoms with E-state index < -0.39 is 306 Å². The molecule has 12 nitrogen and oxygen atoms in total. The predicted octanol–water partition coefficient (Wildman–Crippen LogP) is 17.7. The van der Waals surface area contributed by atoms with Gasteiger partial charge in [0, 0.05) is 123 Å². The number of alkyl halides is 6. The van der Waals surface area contributed by atoms with Crippen LogP contribution in [0.2, 0.25) is 0 Å². The summed E-state index contributed by atoms with van der Waals surface area (Å²) in [5.41, 5.74) is -16.5. The van der Waals surface area contributed by atoms with Crippen LogP contribution in [0.4, 0.5) is 43.9 Å². The van der Waals surface area contributed by atoms with E-state index >= 15 is 9.18 Å². The van der Waals surface area contributed by atoms with Gasteiger partial charge in [-0.2, -0.15) is 26.3 Å². The molecule has 0 bridgehead atoms. The van der Waals surface area contributed by atoms with Gasteiger partial charge in [-0.3, -0.25) is 19.2 Å². The number of amides is 2. The number of likely N-dealkylation sites (tertiary alicyclic amines) is 2. The van der Waals surface area contributed by atoms with Gasteiger partial charge < -0.3 is 38.2 Å². The van der Waals surface area contributed by atoms with Gasteiger partial charge in [0.1, 0.15) is 13.1 Å². The average Bonchev–Trinajstić information content (AvgIpc) is 0.730. The summed E-state index contributed by atoms with van der Waals surface area (Å²) in [6, 6.07) is -2.56. The number of fused-ring (bicyclic) bond motifs is 2. The SMILES string of the molecule is [2H]C([2H])([2H])OC([2H])([2H])CN1CCC(N(C(=O)Cn2c(SC([2H])([2H])c3cccc(F)c3F)cc(=O)c3ccccc32)C([2H])(C)c2ccc(-c3ccc(C(F)(F)F)cc3)cc2)CC1.[2H]c1c([2H])c(F)c(F)c(C([2H])([2H])Sc2c([2H])c(=O)c3c([2H])c(C)c([2H])c([2H])c3n2CC(=O)N(C2CCN(CC([2H])([2H])OC([2H])([2H])[2H])CC2)C([2H])([2H])c2c([2H])c([2H])c(-c3c([2H])c([2H])c(C(F)(F)F)c([2H])c3[2H])c([2H])c2[2H])c1[2H]. The second kappa shape index (κ2) is 35.1. The molecule has 0 radical (unpaired) electrons. The topological polar surface area (TPSA) is 110 Å². The fourth-order valence-electron chi connectivity index (χ4n) is 11.7. The maximum atomic E-state index is 15.6. The van der Waals surface area contributed by atoms with Gasteiger partial charge >= 0.3 is 12.4 Å². The average molecular weight is 1530 g/mol. The van der Waals surface area contributed by atoms with Crippen LogP contribution in [0.5, 0.6) is 0 Å². The zero-order valence-corrected chi connectivity index (χ0v) is 57.2. The number of hydrogen-bond donors (Lipinski definition) is 0. The minimum absolute atomic E-state index is 0.0930. The Balaban J connectivity index is 0.000000272. The summed E-state index contributed by atoms with van der Waals surface area (Å²) >= 11 is 0.0156. The fourth-order valence-corrected chi connectivity index (χ4v) is 13.2. The summed E-state index contributed by atoms with van der Waals surface area (Å²) in [6.45, 7) is -9.96. The second-order valence-electron chi connectivity index (χ2n) is 23.8. The maximum absolute atomic E-state index is 15.6. The van der Waals surface area contributed by atoms with Gasteiger partial charge in [-0.05, 0) is 133 Å². The standard InChI is InChI=1S/2C41H40F5N3O3S/c1-27(28-10-12-29(13-11-28)30-14-16-32(17-15-30)41(44,45)46)49(33-18-20-47(21-19-33)22-23-52-2)38(51)25-48-36-9-4-3-7-34(36)37(50)24-39(48)53-26-31-6-5-8-35(42)40(31)43;1-27-6-15-36-34(22-27)37(50)23-39(53-26-31-4-3-5-35(42)40(31)43)49(36)25-38(51)48(33-16-18-47(19-17-33)20-21-52-2)24-28-7-9-29(10-8-28)30-11-13-32(14-12-30)41(44,45)46/h3-17,24,27,33H,18-23,25-26H2,1-2H3;3-15,22-23,33H,16-21,24-26H2,1-2H3/i2D3,23D2,26D2,27D;2D3,3D,4D,5D,6D,7D,8D,9D,10D,11D,12D,13D,14D,15D,21D2,22D,23D,24D2,26D2. The number of carbonyl (C=O) groups excluding carboxylic acids is 2. The van der Waals surface area contributed by atoms with E-state index in [-0.39, 0.29) is 72.3 Å². The van der Waals surface area contributed by atoms with Crippen molar-refractivity contribution >= 4 is 57.1 Å². The van der Waals surface area contributed by atoms with Gasteiger partial charge in [0.25, 0.3) is 0 Å². The van der Waals surface area contributed by atoms with Gasteiger partial charge in [0.15, 0.2) is 34.1 Å². The first-order valence-corrected chi connectivity index (χ1v) is 33.6. The van der Waals surface area contributed by atoms with E-state index in [2.05, 4.69) is 9.47 Å². The number of methoxy groups -OCH3 is 2. The smallest absolute Gasteiger partial charge is 0.383 e. The molecule has 2 amide bonds. The highest BCUT2D eigenvalue weighted by atomic mass is 32.2. The number of thioether (sulfide) groups is 2. The Morgan fingerprint density at radius 3 is 1.78 bits per heavy atom. The Bertz CT molecular complexity index is 6480. The van der Waals surface area contributed by atoms with Gasteiger partial charge in [0.2, 0.25) is 11.8 Å². The highest BCUT2D eigenvalue weighted by molar-refractivity contribution is 7.98. The Morgan fingerprint density at radius 1 is 0.585 bits per heavy atom. The van der Waals surface area contributed by atoms with Crippen LogP contribution in [0.25, 0.3) is 44.1 Å². The lowest BCUT2D eigenvalue weighted by Crippen LogP contribution is -2.49. The minimum Gasteiger partial charge on any atom is -0.383 e. The van der Waals surface area contributed by atoms with E-state index in [0.717, 1.165) is 43.3 Å². The normalized spacial score (nSPS) is 20.0. The Labute approximate surface area is 661 Å². The van der Waals surface area contributed by atoms with Crippen LogP contribution >= 0.6 is 23.5 Å². The number of carbonyl (C=O) groups is 2. The number of ether oxygens (including phenoxy) is 2. The quantitative estimate of drug-likeness (QED) is 0.0428. The molecule has 8 aromatic carbocycles. The first-order valence-electron chi connectivity index (χ1n) is 48.0. The van der Waals surface area contributed by atoms with Crippen LogP contribution in [-0.4, -0.2) is 119 Å². The number of rotatable bonds is 24. The lowest BCUT2D eigenvalue weighted by molar-refractivity contribution is -0.138. The first-order chi connectivity index (χ1) is 63.4. The summed E-state index contributed by atoms with van der Waals surface area (Å²) in [7, 11) is -6.21. The third kappa shape index (κ3) is 19.2. The van der Waals surface area contributed by atoms with Crippen molar-refractivity contribution in [3.8, 4) is 22.3 Å². The van der Waals surface area contributed by atoms with Crippen molar-refractivity contribution in [1.29, 1.82) is 0 Å². The molecule has 0 saturated carbocycles. The van der Waals surface area contributed by atoms with Gasteiger partial charge in [-0.25, -0.2) is 17.6 Å². The second-order valence-corrected chi connectivity index (χ2v) is 25.4. The number of aromatic nitrogens is 2. The van der Waals surface area contributed by atoms with Crippen LogP contribution in [0, 0.1) is 30.2 Å². The van der Waals surface area contributed by atoms with Crippen molar-refractivity contribution in [2.75, 3.05) is 66.5 Å². The van der Waals surface area contributed by atoms with E-state index in [1.807, 2.05) is 0 Å². The van der Waals surface area contributed by atoms with E-state index in [4.69, 9.17) is 39.8 Å². The van der Waals surface area contributed by atoms with Crippen molar-refractivity contribution in [3.05, 3.63) is 270 Å². The summed E-state index contributed by atoms with van der Waals surface area (Å²) in [5.74, 6) is -9.19. The molecule has 2 aliphatic heterocycles. The van der Waals surface area contributed by atoms with Crippen LogP contribution < -0.4 is 10.9 Å². The molecule has 1 atom stereocenters. The molecular formula is C82H80F10N6O6S2. The molecule has 2 fully saturated rings. The third-order valence-corrected chi connectivity index (χ3v) is 18.7. The van der Waals surface area contributed by atoms with E-state index in [1.165, 1.54) is 39.5 Å². The Morgan fingerprint density at radius 2 is 1.15 bits per heavy atom. The largest absolute Gasteiger partial charge is 0.416 e. The molecule has 1 unspecified atom stereocenters. The third-order valence-electron chi connectivity index (χ3n) is 17.0. The highest BCUT2D eigenvalue weighted by Crippen LogP contribution is 2.37. The van der Waals surface area contributed by atoms with Gasteiger partial charge in [0.05, 0.1) is 89.7 Å². The maximum Gasteiger partial charge on any atom is 0.416 e. The van der Waals surface area contributed by atoms with E-state index in [0.29, 0.717) is 37.9 Å². The van der Waals surface area contributed by atoms with E-state index in [1.54, 1.807) is 47.4 Å². The van der Waals surface area contributed by atoms with Crippen LogP contribution in [0.1, 0.15) is 121 Å². The molecule has 0 N–H and O–H groups in total. The molecule has 0 aliphatic carbocycles. The first kappa shape index (κ1) is 46.2. The van der Waals surface area contributed by atoms with Crippen LogP contribution in [0.3, 0.4) is 0 Å². The Hall–Kier alpha value is -9.04.